The maximum atomic E-state index is 4.34. The normalized spacial score (nSPS) is 18.1. The van der Waals surface area contributed by atoms with Crippen molar-refractivity contribution in [2.45, 2.75) is 39.5 Å². The fraction of sp³-hybridized carbons (Fsp3) is 0.300. The van der Waals surface area contributed by atoms with Crippen LogP contribution in [0.4, 0.5) is 0 Å². The van der Waals surface area contributed by atoms with E-state index in [1.54, 1.807) is 0 Å². The van der Waals surface area contributed by atoms with E-state index in [9.17, 15) is 0 Å². The second kappa shape index (κ2) is 6.03. The third kappa shape index (κ3) is 3.03. The molecule has 0 saturated heterocycles. The fourth-order valence-corrected chi connectivity index (χ4v) is 4.08. The molecule has 2 aliphatic carbocycles. The molecule has 21 heavy (non-hydrogen) atoms. The molecule has 0 bridgehead atoms. The predicted octanol–water partition coefficient (Wildman–Crippen LogP) is 6.30. The van der Waals surface area contributed by atoms with Gasteiger partial charge >= 0.3 is 0 Å². The van der Waals surface area contributed by atoms with Gasteiger partial charge in [-0.25, -0.2) is 0 Å². The van der Waals surface area contributed by atoms with Crippen molar-refractivity contribution in [1.29, 1.82) is 0 Å². The molecule has 108 valence electrons. The van der Waals surface area contributed by atoms with Crippen molar-refractivity contribution in [2.24, 2.45) is 0 Å². The highest BCUT2D eigenvalue weighted by atomic mass is 32.1. The van der Waals surface area contributed by atoms with Gasteiger partial charge in [0.25, 0.3) is 0 Å². The van der Waals surface area contributed by atoms with Gasteiger partial charge in [0.2, 0.25) is 0 Å². The summed E-state index contributed by atoms with van der Waals surface area (Å²) in [6.07, 6.45) is 15.9. The standard InChI is InChI=1S/C20H22S/c1-14-13-20(16(3)21-14)15(2)17-9-11-19(12-10-17)18-7-5-4-6-8-18/h4-5,7,9,11,13H,2,6,8,10,12H2,1,3H3. The molecule has 2 aliphatic rings. The number of allylic oxidation sites excluding steroid dienone is 9. The lowest BCUT2D eigenvalue weighted by Crippen LogP contribution is -2.00. The molecule has 0 fully saturated rings. The molecule has 0 spiro atoms. The average Bonchev–Trinajstić information content (AvgIpc) is 2.86. The summed E-state index contributed by atoms with van der Waals surface area (Å²) in [6, 6.07) is 2.27. The molecule has 1 aromatic heterocycles. The third-order valence-corrected chi connectivity index (χ3v) is 5.30. The summed E-state index contributed by atoms with van der Waals surface area (Å²) in [4.78, 5) is 2.75. The number of aryl methyl sites for hydroxylation is 2. The Balaban J connectivity index is 1.82. The van der Waals surface area contributed by atoms with Crippen LogP contribution < -0.4 is 0 Å². The van der Waals surface area contributed by atoms with Gasteiger partial charge in [-0.15, -0.1) is 11.3 Å². The van der Waals surface area contributed by atoms with E-state index in [1.807, 2.05) is 11.3 Å². The minimum absolute atomic E-state index is 1.11. The molecule has 0 aliphatic heterocycles. The van der Waals surface area contributed by atoms with Crippen molar-refractivity contribution in [1.82, 2.24) is 0 Å². The smallest absolute Gasteiger partial charge is 0.00953 e. The summed E-state index contributed by atoms with van der Waals surface area (Å²) in [5, 5.41) is 0. The minimum Gasteiger partial charge on any atom is -0.145 e. The second-order valence-electron chi connectivity index (χ2n) is 5.85. The Morgan fingerprint density at radius 2 is 1.86 bits per heavy atom. The molecule has 0 amide bonds. The van der Waals surface area contributed by atoms with E-state index >= 15 is 0 Å². The van der Waals surface area contributed by atoms with Crippen LogP contribution in [0.1, 0.15) is 41.0 Å². The largest absolute Gasteiger partial charge is 0.145 e. The van der Waals surface area contributed by atoms with Gasteiger partial charge in [0.1, 0.15) is 0 Å². The number of hydrogen-bond acceptors (Lipinski definition) is 1. The summed E-state index contributed by atoms with van der Waals surface area (Å²) in [7, 11) is 0. The highest BCUT2D eigenvalue weighted by molar-refractivity contribution is 7.12. The molecule has 1 aromatic rings. The Hall–Kier alpha value is -1.60. The van der Waals surface area contributed by atoms with Crippen LogP contribution in [0, 0.1) is 13.8 Å². The first-order chi connectivity index (χ1) is 10.1. The SMILES string of the molecule is C=C(C1=CC=C(C2=CC=CCC2)CC1)c1cc(C)sc1C. The Morgan fingerprint density at radius 3 is 2.43 bits per heavy atom. The van der Waals surface area contributed by atoms with Gasteiger partial charge in [0.15, 0.2) is 0 Å². The molecule has 1 heteroatoms. The number of hydrogen-bond donors (Lipinski definition) is 0. The monoisotopic (exact) mass is 294 g/mol. The van der Waals surface area contributed by atoms with Crippen molar-refractivity contribution in [3.63, 3.8) is 0 Å². The average molecular weight is 294 g/mol. The van der Waals surface area contributed by atoms with Gasteiger partial charge in [0.05, 0.1) is 0 Å². The molecule has 0 nitrogen and oxygen atoms in total. The van der Waals surface area contributed by atoms with Gasteiger partial charge in [-0.05, 0) is 73.5 Å². The topological polar surface area (TPSA) is 0 Å². The van der Waals surface area contributed by atoms with Crippen LogP contribution in [-0.2, 0) is 0 Å². The zero-order valence-corrected chi connectivity index (χ0v) is 13.7. The first-order valence-electron chi connectivity index (χ1n) is 7.67. The highest BCUT2D eigenvalue weighted by Crippen LogP contribution is 2.36. The fourth-order valence-electron chi connectivity index (χ4n) is 3.13. The van der Waals surface area contributed by atoms with Gasteiger partial charge in [-0.3, -0.25) is 0 Å². The molecule has 0 radical (unpaired) electrons. The molecular weight excluding hydrogens is 272 g/mol. The Bertz CT molecular complexity index is 689. The van der Waals surface area contributed by atoms with Crippen molar-refractivity contribution in [3.05, 3.63) is 75.1 Å². The first-order valence-corrected chi connectivity index (χ1v) is 8.49. The van der Waals surface area contributed by atoms with Gasteiger partial charge in [-0.2, -0.15) is 0 Å². The van der Waals surface area contributed by atoms with Gasteiger partial charge < -0.3 is 0 Å². The summed E-state index contributed by atoms with van der Waals surface area (Å²) < 4.78 is 0. The third-order valence-electron chi connectivity index (χ3n) is 4.33. The molecule has 1 heterocycles. The summed E-state index contributed by atoms with van der Waals surface area (Å²) in [6.45, 7) is 8.71. The van der Waals surface area contributed by atoms with E-state index in [4.69, 9.17) is 0 Å². The maximum absolute atomic E-state index is 4.34. The Labute approximate surface area is 131 Å². The van der Waals surface area contributed by atoms with E-state index in [2.05, 4.69) is 56.9 Å². The van der Waals surface area contributed by atoms with E-state index in [0.29, 0.717) is 0 Å². The molecule has 3 rings (SSSR count). The van der Waals surface area contributed by atoms with Crippen LogP contribution in [0.2, 0.25) is 0 Å². The van der Waals surface area contributed by atoms with E-state index < -0.39 is 0 Å². The van der Waals surface area contributed by atoms with Crippen molar-refractivity contribution in [3.8, 4) is 0 Å². The molecule has 0 saturated carbocycles. The highest BCUT2D eigenvalue weighted by Gasteiger charge is 2.15. The van der Waals surface area contributed by atoms with Crippen molar-refractivity contribution >= 4 is 16.9 Å². The molecule has 0 N–H and O–H groups in total. The van der Waals surface area contributed by atoms with Crippen molar-refractivity contribution < 1.29 is 0 Å². The quantitative estimate of drug-likeness (QED) is 0.613. The zero-order valence-electron chi connectivity index (χ0n) is 12.9. The van der Waals surface area contributed by atoms with E-state index in [1.165, 1.54) is 50.5 Å². The maximum Gasteiger partial charge on any atom is 0.00953 e. The second-order valence-corrected chi connectivity index (χ2v) is 7.31. The lowest BCUT2D eigenvalue weighted by atomic mass is 9.86. The molecular formula is C20H22S. The summed E-state index contributed by atoms with van der Waals surface area (Å²) >= 11 is 1.86. The lowest BCUT2D eigenvalue weighted by molar-refractivity contribution is 0.884. The van der Waals surface area contributed by atoms with Gasteiger partial charge in [0, 0.05) is 9.75 Å². The Kier molecular flexibility index (Phi) is 4.12. The summed E-state index contributed by atoms with van der Waals surface area (Å²) in [5.74, 6) is 0. The zero-order chi connectivity index (χ0) is 14.8. The van der Waals surface area contributed by atoms with Crippen LogP contribution in [0.3, 0.4) is 0 Å². The van der Waals surface area contributed by atoms with Crippen LogP contribution in [0.25, 0.3) is 5.57 Å². The Morgan fingerprint density at radius 1 is 1.05 bits per heavy atom. The van der Waals surface area contributed by atoms with Crippen LogP contribution in [0.5, 0.6) is 0 Å². The predicted molar refractivity (Wildman–Crippen MR) is 94.7 cm³/mol. The first kappa shape index (κ1) is 14.3. The summed E-state index contributed by atoms with van der Waals surface area (Å²) in [5.41, 5.74) is 6.96. The molecule has 0 atom stereocenters. The van der Waals surface area contributed by atoms with E-state index in [0.717, 1.165) is 12.8 Å². The molecule has 0 aromatic carbocycles. The van der Waals surface area contributed by atoms with Crippen LogP contribution >= 0.6 is 11.3 Å². The van der Waals surface area contributed by atoms with E-state index in [-0.39, 0.29) is 0 Å². The number of rotatable bonds is 3. The number of thiophene rings is 1. The lowest BCUT2D eigenvalue weighted by Gasteiger charge is -2.19. The van der Waals surface area contributed by atoms with Gasteiger partial charge in [-0.1, -0.05) is 37.0 Å². The van der Waals surface area contributed by atoms with Crippen molar-refractivity contribution in [2.75, 3.05) is 0 Å². The minimum atomic E-state index is 1.11. The van der Waals surface area contributed by atoms with Crippen LogP contribution in [-0.4, -0.2) is 0 Å². The van der Waals surface area contributed by atoms with Crippen LogP contribution in [0.15, 0.2) is 59.7 Å². The molecule has 0 unspecified atom stereocenters.